The molecule has 0 radical (unpaired) electrons. The maximum absolute atomic E-state index is 12.5. The summed E-state index contributed by atoms with van der Waals surface area (Å²) < 4.78 is 5.17. The normalized spacial score (nSPS) is 12.5. The topological polar surface area (TPSA) is 63.6 Å². The fraction of sp³-hybridized carbons (Fsp3) is 0.200. The average molecular weight is 324 g/mol. The fourth-order valence-electron chi connectivity index (χ4n) is 2.42. The molecule has 2 rings (SSSR count). The average Bonchev–Trinajstić information content (AvgIpc) is 2.60. The molecular formula is C20H20O4. The number of ether oxygens (including phenoxy) is 1. The molecule has 0 spiro atoms. The minimum atomic E-state index is -0.939. The first-order valence-electron chi connectivity index (χ1n) is 7.80. The smallest absolute Gasteiger partial charge is 0.338 e. The van der Waals surface area contributed by atoms with Crippen LogP contribution in [0.5, 0.6) is 0 Å². The predicted octanol–water partition coefficient (Wildman–Crippen LogP) is 3.98. The van der Waals surface area contributed by atoms with E-state index in [4.69, 9.17) is 4.74 Å². The molecule has 0 aromatic heterocycles. The van der Waals surface area contributed by atoms with Crippen molar-refractivity contribution in [3.63, 3.8) is 0 Å². The van der Waals surface area contributed by atoms with Crippen LogP contribution in [-0.2, 0) is 14.3 Å². The molecule has 0 aliphatic heterocycles. The highest BCUT2D eigenvalue weighted by molar-refractivity contribution is 6.22. The molecule has 4 heteroatoms. The molecule has 0 bridgehead atoms. The molecule has 0 saturated carbocycles. The van der Waals surface area contributed by atoms with Crippen LogP contribution in [0.1, 0.15) is 36.5 Å². The van der Waals surface area contributed by atoms with Crippen molar-refractivity contribution in [1.29, 1.82) is 0 Å². The Kier molecular flexibility index (Phi) is 5.90. The van der Waals surface area contributed by atoms with Crippen LogP contribution < -0.4 is 0 Å². The van der Waals surface area contributed by atoms with Gasteiger partial charge in [-0.25, -0.2) is 4.79 Å². The number of esters is 1. The van der Waals surface area contributed by atoms with Crippen LogP contribution in [0.2, 0.25) is 0 Å². The molecule has 0 aliphatic rings. The Balaban J connectivity index is 2.59. The van der Waals surface area contributed by atoms with Gasteiger partial charge in [0.1, 0.15) is 0 Å². The van der Waals surface area contributed by atoms with Crippen LogP contribution in [0, 0.1) is 0 Å². The van der Waals surface area contributed by atoms with Crippen LogP contribution in [-0.4, -0.2) is 23.7 Å². The van der Waals surface area contributed by atoms with Gasteiger partial charge in [0, 0.05) is 0 Å². The summed E-state index contributed by atoms with van der Waals surface area (Å²) in [7, 11) is 0. The minimum Gasteiger partial charge on any atom is -0.481 e. The van der Waals surface area contributed by atoms with Crippen LogP contribution in [0.3, 0.4) is 0 Å². The molecule has 4 nitrogen and oxygen atoms in total. The van der Waals surface area contributed by atoms with Crippen molar-refractivity contribution >= 4 is 23.6 Å². The number of carboxylic acids is 1. The summed E-state index contributed by atoms with van der Waals surface area (Å²) in [4.78, 5) is 23.8. The highest BCUT2D eigenvalue weighted by Crippen LogP contribution is 2.28. The molecule has 1 atom stereocenters. The number of hydrogen-bond donors (Lipinski definition) is 1. The second-order valence-corrected chi connectivity index (χ2v) is 5.34. The summed E-state index contributed by atoms with van der Waals surface area (Å²) in [6.45, 7) is 3.60. The van der Waals surface area contributed by atoms with Crippen molar-refractivity contribution < 1.29 is 19.4 Å². The SMILES string of the molecule is CCOC(=O)/C(=C/c1ccccc1)c1ccccc1C(C)C(=O)O. The molecular weight excluding hydrogens is 304 g/mol. The summed E-state index contributed by atoms with van der Waals surface area (Å²) >= 11 is 0. The standard InChI is InChI=1S/C20H20O4/c1-3-24-20(23)18(13-15-9-5-4-6-10-15)17-12-8-7-11-16(17)14(2)19(21)22/h4-14H,3H2,1-2H3,(H,21,22)/b18-13+. The van der Waals surface area contributed by atoms with E-state index in [2.05, 4.69) is 0 Å². The van der Waals surface area contributed by atoms with Gasteiger partial charge >= 0.3 is 11.9 Å². The lowest BCUT2D eigenvalue weighted by Gasteiger charge is -2.15. The molecule has 0 heterocycles. The third-order valence-electron chi connectivity index (χ3n) is 3.69. The maximum Gasteiger partial charge on any atom is 0.338 e. The van der Waals surface area contributed by atoms with Crippen molar-refractivity contribution in [2.24, 2.45) is 0 Å². The van der Waals surface area contributed by atoms with Crippen molar-refractivity contribution in [2.75, 3.05) is 6.61 Å². The van der Waals surface area contributed by atoms with E-state index in [1.54, 1.807) is 44.2 Å². The molecule has 2 aromatic rings. The Morgan fingerprint density at radius 2 is 1.71 bits per heavy atom. The van der Waals surface area contributed by atoms with Gasteiger partial charge in [0.15, 0.2) is 0 Å². The third kappa shape index (κ3) is 4.10. The number of hydrogen-bond acceptors (Lipinski definition) is 3. The third-order valence-corrected chi connectivity index (χ3v) is 3.69. The summed E-state index contributed by atoms with van der Waals surface area (Å²) in [5.41, 5.74) is 2.36. The molecule has 0 saturated heterocycles. The summed E-state index contributed by atoms with van der Waals surface area (Å²) in [6, 6.07) is 16.4. The van der Waals surface area contributed by atoms with Gasteiger partial charge in [0.25, 0.3) is 0 Å². The van der Waals surface area contributed by atoms with Crippen LogP contribution >= 0.6 is 0 Å². The minimum absolute atomic E-state index is 0.252. The number of rotatable bonds is 6. The van der Waals surface area contributed by atoms with Crippen molar-refractivity contribution in [3.05, 3.63) is 71.3 Å². The second kappa shape index (κ2) is 8.11. The number of carbonyl (C=O) groups is 2. The molecule has 124 valence electrons. The first-order chi connectivity index (χ1) is 11.5. The monoisotopic (exact) mass is 324 g/mol. The van der Waals surface area contributed by atoms with E-state index in [0.29, 0.717) is 16.7 Å². The van der Waals surface area contributed by atoms with Gasteiger partial charge in [-0.3, -0.25) is 4.79 Å². The number of carboxylic acid groups (broad SMARTS) is 1. The molecule has 24 heavy (non-hydrogen) atoms. The van der Waals surface area contributed by atoms with Crippen molar-refractivity contribution in [2.45, 2.75) is 19.8 Å². The van der Waals surface area contributed by atoms with Crippen LogP contribution in [0.4, 0.5) is 0 Å². The first-order valence-corrected chi connectivity index (χ1v) is 7.80. The largest absolute Gasteiger partial charge is 0.481 e. The van der Waals surface area contributed by atoms with Gasteiger partial charge in [0.05, 0.1) is 18.1 Å². The first kappa shape index (κ1) is 17.5. The zero-order valence-corrected chi connectivity index (χ0v) is 13.7. The van der Waals surface area contributed by atoms with Gasteiger partial charge in [-0.15, -0.1) is 0 Å². The predicted molar refractivity (Wildman–Crippen MR) is 93.4 cm³/mol. The highest BCUT2D eigenvalue weighted by Gasteiger charge is 2.22. The number of benzene rings is 2. The lowest BCUT2D eigenvalue weighted by atomic mass is 9.90. The molecule has 2 aromatic carbocycles. The second-order valence-electron chi connectivity index (χ2n) is 5.34. The Morgan fingerprint density at radius 1 is 1.08 bits per heavy atom. The molecule has 0 amide bonds. The maximum atomic E-state index is 12.5. The number of aliphatic carboxylic acids is 1. The van der Waals surface area contributed by atoms with Gasteiger partial charge in [-0.05, 0) is 36.6 Å². The van der Waals surface area contributed by atoms with E-state index in [-0.39, 0.29) is 6.61 Å². The summed E-state index contributed by atoms with van der Waals surface area (Å²) in [5.74, 6) is -2.13. The Labute approximate surface area is 141 Å². The number of carbonyl (C=O) groups excluding carboxylic acids is 1. The lowest BCUT2D eigenvalue weighted by Crippen LogP contribution is -2.13. The Hall–Kier alpha value is -2.88. The zero-order valence-electron chi connectivity index (χ0n) is 13.7. The van der Waals surface area contributed by atoms with E-state index in [0.717, 1.165) is 5.56 Å². The van der Waals surface area contributed by atoms with Gasteiger partial charge in [-0.2, -0.15) is 0 Å². The van der Waals surface area contributed by atoms with Gasteiger partial charge in [0.2, 0.25) is 0 Å². The van der Waals surface area contributed by atoms with E-state index in [1.165, 1.54) is 0 Å². The molecule has 0 fully saturated rings. The molecule has 0 aliphatic carbocycles. The Bertz CT molecular complexity index is 747. The van der Waals surface area contributed by atoms with Crippen molar-refractivity contribution in [3.8, 4) is 0 Å². The summed E-state index contributed by atoms with van der Waals surface area (Å²) in [5, 5.41) is 9.34. The molecule has 1 unspecified atom stereocenters. The lowest BCUT2D eigenvalue weighted by molar-refractivity contribution is -0.138. The van der Waals surface area contributed by atoms with Crippen LogP contribution in [0.25, 0.3) is 11.6 Å². The quantitative estimate of drug-likeness (QED) is 0.496. The van der Waals surface area contributed by atoms with Crippen LogP contribution in [0.15, 0.2) is 54.6 Å². The summed E-state index contributed by atoms with van der Waals surface area (Å²) in [6.07, 6.45) is 1.73. The van der Waals surface area contributed by atoms with E-state index in [1.807, 2.05) is 30.3 Å². The molecule has 1 N–H and O–H groups in total. The van der Waals surface area contributed by atoms with Gasteiger partial charge in [-0.1, -0.05) is 54.6 Å². The van der Waals surface area contributed by atoms with E-state index >= 15 is 0 Å². The van der Waals surface area contributed by atoms with Crippen molar-refractivity contribution in [1.82, 2.24) is 0 Å². The zero-order chi connectivity index (χ0) is 17.5. The van der Waals surface area contributed by atoms with Gasteiger partial charge < -0.3 is 9.84 Å². The fourth-order valence-corrected chi connectivity index (χ4v) is 2.42. The van der Waals surface area contributed by atoms with E-state index < -0.39 is 17.9 Å². The van der Waals surface area contributed by atoms with E-state index in [9.17, 15) is 14.7 Å². The Morgan fingerprint density at radius 3 is 2.33 bits per heavy atom. The highest BCUT2D eigenvalue weighted by atomic mass is 16.5.